The van der Waals surface area contributed by atoms with Crippen molar-refractivity contribution in [2.45, 2.75) is 12.5 Å². The van der Waals surface area contributed by atoms with Gasteiger partial charge in [-0.1, -0.05) is 11.6 Å². The fourth-order valence-corrected chi connectivity index (χ4v) is 1.27. The molecular weight excluding hydrogens is 228 g/mol. The first-order valence-corrected chi connectivity index (χ1v) is 5.13. The summed E-state index contributed by atoms with van der Waals surface area (Å²) in [5.41, 5.74) is -0.239. The Morgan fingerprint density at radius 3 is 2.81 bits per heavy atom. The number of nitrogens with zero attached hydrogens (tertiary/aromatic N) is 1. The summed E-state index contributed by atoms with van der Waals surface area (Å²) in [5.74, 6) is 0. The summed E-state index contributed by atoms with van der Waals surface area (Å²) in [6, 6.07) is 6.83. The summed E-state index contributed by atoms with van der Waals surface area (Å²) >= 11 is 5.80. The van der Waals surface area contributed by atoms with E-state index in [1.54, 1.807) is 18.2 Å². The van der Waals surface area contributed by atoms with Gasteiger partial charge in [0, 0.05) is 11.6 Å². The molecule has 0 heterocycles. The first kappa shape index (κ1) is 12.8. The van der Waals surface area contributed by atoms with Gasteiger partial charge in [-0.3, -0.25) is 0 Å². The van der Waals surface area contributed by atoms with E-state index in [1.165, 1.54) is 6.92 Å². The van der Waals surface area contributed by atoms with Crippen molar-refractivity contribution in [3.63, 3.8) is 0 Å². The van der Waals surface area contributed by atoms with Gasteiger partial charge >= 0.3 is 0 Å². The highest BCUT2D eigenvalue weighted by Gasteiger charge is 2.18. The summed E-state index contributed by atoms with van der Waals surface area (Å²) in [4.78, 5) is 0. The molecule has 0 spiro atoms. The Balaban J connectivity index is 2.81. The maximum Gasteiger partial charge on any atom is 0.102 e. The zero-order valence-corrected chi connectivity index (χ0v) is 9.62. The maximum absolute atomic E-state index is 9.59. The van der Waals surface area contributed by atoms with Crippen LogP contribution in [0.5, 0.6) is 0 Å². The third-order valence-corrected chi connectivity index (χ3v) is 2.34. The lowest BCUT2D eigenvalue weighted by Gasteiger charge is -2.21. The molecular formula is C11H13ClN2O2. The predicted molar refractivity (Wildman–Crippen MR) is 62.4 cm³/mol. The largest absolute Gasteiger partial charge is 0.393 e. The average Bonchev–Trinajstić information content (AvgIpc) is 2.27. The minimum absolute atomic E-state index is 0.137. The Labute approximate surface area is 99.1 Å². The van der Waals surface area contributed by atoms with Crippen LogP contribution in [0, 0.1) is 11.3 Å². The molecule has 1 aromatic carbocycles. The highest BCUT2D eigenvalue weighted by molar-refractivity contribution is 6.30. The summed E-state index contributed by atoms with van der Waals surface area (Å²) in [6.07, 6.45) is 0. The molecule has 0 aromatic heterocycles. The van der Waals surface area contributed by atoms with Crippen molar-refractivity contribution in [2.75, 3.05) is 18.5 Å². The number of rotatable bonds is 4. The molecule has 0 aliphatic rings. The standard InChI is InChI=1S/C11H13ClN2O2/c1-11(16,7-15)6-14-10-4-9(12)3-2-8(10)5-13/h2-4,14-16H,6-7H2,1H3. The van der Waals surface area contributed by atoms with Gasteiger partial charge in [-0.05, 0) is 25.1 Å². The maximum atomic E-state index is 9.59. The molecule has 0 aliphatic heterocycles. The smallest absolute Gasteiger partial charge is 0.102 e. The molecule has 0 radical (unpaired) electrons. The van der Waals surface area contributed by atoms with Crippen LogP contribution >= 0.6 is 11.6 Å². The Kier molecular flexibility index (Phi) is 4.13. The van der Waals surface area contributed by atoms with Crippen molar-refractivity contribution in [1.29, 1.82) is 5.26 Å². The lowest BCUT2D eigenvalue weighted by atomic mass is 10.1. The Hall–Kier alpha value is -1.28. The van der Waals surface area contributed by atoms with E-state index >= 15 is 0 Å². The highest BCUT2D eigenvalue weighted by atomic mass is 35.5. The van der Waals surface area contributed by atoms with Crippen LogP contribution in [0.25, 0.3) is 0 Å². The second-order valence-electron chi connectivity index (χ2n) is 3.81. The molecule has 16 heavy (non-hydrogen) atoms. The molecule has 0 fully saturated rings. The van der Waals surface area contributed by atoms with Crippen LogP contribution < -0.4 is 5.32 Å². The van der Waals surface area contributed by atoms with Crippen LogP contribution in [-0.2, 0) is 0 Å². The number of nitriles is 1. The molecule has 3 N–H and O–H groups in total. The highest BCUT2D eigenvalue weighted by Crippen LogP contribution is 2.20. The molecule has 0 aliphatic carbocycles. The van der Waals surface area contributed by atoms with Gasteiger partial charge in [0.2, 0.25) is 0 Å². The van der Waals surface area contributed by atoms with Gasteiger partial charge in [-0.15, -0.1) is 0 Å². The van der Waals surface area contributed by atoms with E-state index in [0.29, 0.717) is 16.3 Å². The fraction of sp³-hybridized carbons (Fsp3) is 0.364. The van der Waals surface area contributed by atoms with Gasteiger partial charge in [0.15, 0.2) is 0 Å². The summed E-state index contributed by atoms with van der Waals surface area (Å²) in [6.45, 7) is 1.28. The molecule has 86 valence electrons. The van der Waals surface area contributed by atoms with E-state index in [2.05, 4.69) is 5.32 Å². The number of hydrogen-bond acceptors (Lipinski definition) is 4. The summed E-state index contributed by atoms with van der Waals surface area (Å²) in [7, 11) is 0. The van der Waals surface area contributed by atoms with Gasteiger partial charge in [0.1, 0.15) is 11.7 Å². The molecule has 1 atom stereocenters. The van der Waals surface area contributed by atoms with E-state index in [-0.39, 0.29) is 13.2 Å². The molecule has 0 amide bonds. The van der Waals surface area contributed by atoms with E-state index in [4.69, 9.17) is 22.0 Å². The van der Waals surface area contributed by atoms with Crippen molar-refractivity contribution in [3.05, 3.63) is 28.8 Å². The van der Waals surface area contributed by atoms with E-state index in [0.717, 1.165) is 0 Å². The zero-order valence-electron chi connectivity index (χ0n) is 8.87. The van der Waals surface area contributed by atoms with Crippen LogP contribution in [0.2, 0.25) is 5.02 Å². The number of aliphatic hydroxyl groups excluding tert-OH is 1. The Morgan fingerprint density at radius 2 is 2.25 bits per heavy atom. The number of aliphatic hydroxyl groups is 2. The van der Waals surface area contributed by atoms with Crippen LogP contribution in [0.3, 0.4) is 0 Å². The zero-order chi connectivity index (χ0) is 12.2. The van der Waals surface area contributed by atoms with E-state index in [9.17, 15) is 5.11 Å². The van der Waals surface area contributed by atoms with Gasteiger partial charge in [0.05, 0.1) is 17.9 Å². The second-order valence-corrected chi connectivity index (χ2v) is 4.25. The lowest BCUT2D eigenvalue weighted by molar-refractivity contribution is 0.0132. The monoisotopic (exact) mass is 240 g/mol. The lowest BCUT2D eigenvalue weighted by Crippen LogP contribution is -2.37. The Morgan fingerprint density at radius 1 is 1.56 bits per heavy atom. The molecule has 0 bridgehead atoms. The minimum Gasteiger partial charge on any atom is -0.393 e. The quantitative estimate of drug-likeness (QED) is 0.743. The molecule has 1 unspecified atom stereocenters. The predicted octanol–water partition coefficient (Wildman–Crippen LogP) is 1.37. The summed E-state index contributed by atoms with van der Waals surface area (Å²) < 4.78 is 0. The summed E-state index contributed by atoms with van der Waals surface area (Å²) in [5, 5.41) is 30.7. The number of anilines is 1. The molecule has 4 nitrogen and oxygen atoms in total. The molecule has 0 saturated carbocycles. The van der Waals surface area contributed by atoms with Crippen LogP contribution in [-0.4, -0.2) is 29.0 Å². The fourth-order valence-electron chi connectivity index (χ4n) is 1.10. The third-order valence-electron chi connectivity index (χ3n) is 2.10. The SMILES string of the molecule is CC(O)(CO)CNc1cc(Cl)ccc1C#N. The first-order valence-electron chi connectivity index (χ1n) is 4.75. The molecule has 5 heteroatoms. The number of halogens is 1. The van der Waals surface area contributed by atoms with Crippen LogP contribution in [0.15, 0.2) is 18.2 Å². The van der Waals surface area contributed by atoms with Gasteiger partial charge in [0.25, 0.3) is 0 Å². The minimum atomic E-state index is -1.23. The molecule has 1 aromatic rings. The third kappa shape index (κ3) is 3.38. The van der Waals surface area contributed by atoms with Crippen molar-refractivity contribution in [1.82, 2.24) is 0 Å². The van der Waals surface area contributed by atoms with Crippen molar-refractivity contribution in [2.24, 2.45) is 0 Å². The van der Waals surface area contributed by atoms with Crippen LogP contribution in [0.1, 0.15) is 12.5 Å². The van der Waals surface area contributed by atoms with Gasteiger partial charge in [-0.2, -0.15) is 5.26 Å². The first-order chi connectivity index (χ1) is 7.48. The second kappa shape index (κ2) is 5.17. The van der Waals surface area contributed by atoms with Crippen molar-refractivity contribution < 1.29 is 10.2 Å². The van der Waals surface area contributed by atoms with Crippen LogP contribution in [0.4, 0.5) is 5.69 Å². The average molecular weight is 241 g/mol. The van der Waals surface area contributed by atoms with E-state index in [1.807, 2.05) is 6.07 Å². The van der Waals surface area contributed by atoms with Crippen molar-refractivity contribution >= 4 is 17.3 Å². The molecule has 0 saturated heterocycles. The normalized spacial score (nSPS) is 13.9. The van der Waals surface area contributed by atoms with Gasteiger partial charge in [-0.25, -0.2) is 0 Å². The number of hydrogen-bond donors (Lipinski definition) is 3. The topological polar surface area (TPSA) is 76.3 Å². The Bertz CT molecular complexity index is 413. The van der Waals surface area contributed by atoms with E-state index < -0.39 is 5.60 Å². The van der Waals surface area contributed by atoms with Gasteiger partial charge < -0.3 is 15.5 Å². The number of nitrogens with one attached hydrogen (secondary N) is 1. The molecule has 1 rings (SSSR count). The number of benzene rings is 1. The van der Waals surface area contributed by atoms with Crippen molar-refractivity contribution in [3.8, 4) is 6.07 Å².